The molecule has 1 aromatic heterocycles. The van der Waals surface area contributed by atoms with Crippen molar-refractivity contribution < 1.29 is 41.4 Å². The molecule has 0 aliphatic carbocycles. The number of nitrogens with zero attached hydrogens (tertiary/aromatic N) is 2. The number of ether oxygens (including phenoxy) is 1. The van der Waals surface area contributed by atoms with Gasteiger partial charge in [0.1, 0.15) is 11.3 Å². The van der Waals surface area contributed by atoms with Gasteiger partial charge < -0.3 is 15.2 Å². The number of alkyl halides is 2. The quantitative estimate of drug-likeness (QED) is 0.177. The van der Waals surface area contributed by atoms with Crippen molar-refractivity contribution in [2.75, 3.05) is 12.4 Å². The zero-order chi connectivity index (χ0) is 29.7. The van der Waals surface area contributed by atoms with Gasteiger partial charge in [-0.3, -0.25) is 9.48 Å². The number of aryl methyl sites for hydroxylation is 1. The number of methoxy groups -OCH3 is 1. The minimum Gasteiger partial charge on any atom is -0.494 e. The Kier molecular flexibility index (Phi) is 9.72. The Labute approximate surface area is 233 Å². The largest absolute Gasteiger partial charge is 0.494 e. The summed E-state index contributed by atoms with van der Waals surface area (Å²) in [6.45, 7) is 0. The Morgan fingerprint density at radius 3 is 2.17 bits per heavy atom. The van der Waals surface area contributed by atoms with Crippen molar-refractivity contribution >= 4 is 40.8 Å². The molecule has 4 aromatic rings. The second kappa shape index (κ2) is 12.8. The third kappa shape index (κ3) is 6.69. The predicted molar refractivity (Wildman–Crippen MR) is 138 cm³/mol. The van der Waals surface area contributed by atoms with Crippen molar-refractivity contribution in [3.8, 4) is 16.9 Å². The number of benzene rings is 3. The molecule has 0 aliphatic heterocycles. The van der Waals surface area contributed by atoms with Crippen LogP contribution in [0.4, 0.5) is 27.6 Å². The summed E-state index contributed by atoms with van der Waals surface area (Å²) in [7, 11) is 2.73. The number of carbonyl (C=O) groups is 2. The van der Waals surface area contributed by atoms with Crippen LogP contribution >= 0.6 is 23.2 Å². The first-order valence-corrected chi connectivity index (χ1v) is 11.7. The van der Waals surface area contributed by atoms with Crippen LogP contribution in [0.15, 0.2) is 54.7 Å². The minimum atomic E-state index is -2.96. The number of aromatic nitrogens is 2. The molecule has 1 heterocycles. The third-order valence-electron chi connectivity index (χ3n) is 5.26. The summed E-state index contributed by atoms with van der Waals surface area (Å²) in [6.07, 6.45) is -1.82. The zero-order valence-electron chi connectivity index (χ0n) is 20.5. The number of rotatable bonds is 6. The van der Waals surface area contributed by atoms with Crippen molar-refractivity contribution in [1.82, 2.24) is 9.78 Å². The van der Waals surface area contributed by atoms with Gasteiger partial charge in [-0.2, -0.15) is 5.10 Å². The summed E-state index contributed by atoms with van der Waals surface area (Å²) in [5.41, 5.74) is -0.868. The first-order valence-electron chi connectivity index (χ1n) is 11.0. The predicted octanol–water partition coefficient (Wildman–Crippen LogP) is 7.39. The molecule has 210 valence electrons. The third-order valence-corrected chi connectivity index (χ3v) is 5.87. The van der Waals surface area contributed by atoms with E-state index < -0.39 is 41.4 Å². The number of nitrogens with one attached hydrogen (secondary N) is 1. The van der Waals surface area contributed by atoms with Gasteiger partial charge in [0.2, 0.25) is 0 Å². The van der Waals surface area contributed by atoms with E-state index in [1.165, 1.54) is 44.5 Å². The van der Waals surface area contributed by atoms with Gasteiger partial charge in [-0.05, 0) is 35.9 Å². The van der Waals surface area contributed by atoms with Crippen LogP contribution in [0.5, 0.6) is 5.75 Å². The molecule has 7 nitrogen and oxygen atoms in total. The van der Waals surface area contributed by atoms with E-state index in [2.05, 4.69) is 10.4 Å². The van der Waals surface area contributed by atoms with Crippen LogP contribution in [0.2, 0.25) is 10.0 Å². The lowest BCUT2D eigenvalue weighted by molar-refractivity contribution is 0.0693. The van der Waals surface area contributed by atoms with Crippen LogP contribution in [-0.4, -0.2) is 33.9 Å². The van der Waals surface area contributed by atoms with Crippen LogP contribution in [0.3, 0.4) is 0 Å². The van der Waals surface area contributed by atoms with E-state index in [9.17, 15) is 31.5 Å². The summed E-state index contributed by atoms with van der Waals surface area (Å²) in [5.74, 6) is -6.34. The highest BCUT2D eigenvalue weighted by Gasteiger charge is 2.24. The SMILES string of the molecule is COc1c(Cl)ccc(Cl)c1C(=O)O.Cn1cc(C(=O)Nc2ccccc2-c2cc(F)c(F)c(F)c2)c(C(F)F)n1. The summed E-state index contributed by atoms with van der Waals surface area (Å²) in [6, 6.07) is 10.4. The van der Waals surface area contributed by atoms with Crippen molar-refractivity contribution in [3.05, 3.63) is 99.0 Å². The Hall–Kier alpha value is -4.16. The van der Waals surface area contributed by atoms with E-state index in [1.807, 2.05) is 0 Å². The number of amides is 1. The van der Waals surface area contributed by atoms with E-state index in [4.69, 9.17) is 33.0 Å². The molecule has 0 aliphatic rings. The van der Waals surface area contributed by atoms with Crippen molar-refractivity contribution in [2.45, 2.75) is 6.43 Å². The van der Waals surface area contributed by atoms with E-state index in [-0.39, 0.29) is 43.7 Å². The lowest BCUT2D eigenvalue weighted by atomic mass is 10.0. The lowest BCUT2D eigenvalue weighted by Gasteiger charge is -2.12. The summed E-state index contributed by atoms with van der Waals surface area (Å²) >= 11 is 11.4. The number of anilines is 1. The maximum absolute atomic E-state index is 13.5. The first kappa shape index (κ1) is 30.4. The maximum atomic E-state index is 13.5. The molecule has 14 heteroatoms. The molecule has 0 atom stereocenters. The molecule has 3 aromatic carbocycles. The first-order chi connectivity index (χ1) is 18.8. The molecule has 0 saturated carbocycles. The molecule has 0 unspecified atom stereocenters. The van der Waals surface area contributed by atoms with Gasteiger partial charge in [-0.15, -0.1) is 0 Å². The van der Waals surface area contributed by atoms with Crippen molar-refractivity contribution in [1.29, 1.82) is 0 Å². The zero-order valence-corrected chi connectivity index (χ0v) is 22.0. The highest BCUT2D eigenvalue weighted by molar-refractivity contribution is 6.36. The Morgan fingerprint density at radius 2 is 1.62 bits per heavy atom. The number of hydrogen-bond donors (Lipinski definition) is 2. The van der Waals surface area contributed by atoms with E-state index in [0.29, 0.717) is 0 Å². The molecule has 40 heavy (non-hydrogen) atoms. The standard InChI is InChI=1S/C18H12F5N3O.C8H6Cl2O3/c1-26-8-11(16(25-26)17(22)23)18(27)24-14-5-3-2-4-10(14)9-6-12(19)15(21)13(20)7-9;1-13-7-5(10)3-2-4(9)6(7)8(11)12/h2-8,17H,1H3,(H,24,27);2-3H,1H3,(H,11,12). The summed E-state index contributed by atoms with van der Waals surface area (Å²) < 4.78 is 72.2. The van der Waals surface area contributed by atoms with Gasteiger partial charge in [0.25, 0.3) is 12.3 Å². The molecule has 2 N–H and O–H groups in total. The average molecular weight is 602 g/mol. The molecule has 0 radical (unpaired) electrons. The van der Waals surface area contributed by atoms with Crippen LogP contribution in [0.25, 0.3) is 11.1 Å². The van der Waals surface area contributed by atoms with Gasteiger partial charge in [-0.1, -0.05) is 41.4 Å². The molecule has 0 saturated heterocycles. The average Bonchev–Trinajstić information content (AvgIpc) is 3.31. The van der Waals surface area contributed by atoms with E-state index >= 15 is 0 Å². The van der Waals surface area contributed by atoms with Crippen LogP contribution in [0.1, 0.15) is 32.8 Å². The Bertz CT molecular complexity index is 1560. The van der Waals surface area contributed by atoms with Crippen molar-refractivity contribution in [2.24, 2.45) is 7.05 Å². The molecule has 4 rings (SSSR count). The number of para-hydroxylation sites is 1. The molecule has 1 amide bonds. The number of aromatic carboxylic acids is 1. The summed E-state index contributed by atoms with van der Waals surface area (Å²) in [4.78, 5) is 23.1. The van der Waals surface area contributed by atoms with Crippen LogP contribution in [0, 0.1) is 17.5 Å². The number of halogens is 7. The Balaban J connectivity index is 0.000000285. The second-order valence-corrected chi connectivity index (χ2v) is 8.71. The van der Waals surface area contributed by atoms with Gasteiger partial charge in [0.05, 0.1) is 22.7 Å². The maximum Gasteiger partial charge on any atom is 0.341 e. The van der Waals surface area contributed by atoms with Gasteiger partial charge in [0, 0.05) is 24.5 Å². The highest BCUT2D eigenvalue weighted by Crippen LogP contribution is 2.34. The monoisotopic (exact) mass is 601 g/mol. The number of hydrogen-bond acceptors (Lipinski definition) is 4. The number of carbonyl (C=O) groups excluding carboxylic acids is 1. The van der Waals surface area contributed by atoms with Crippen LogP contribution < -0.4 is 10.1 Å². The lowest BCUT2D eigenvalue weighted by Crippen LogP contribution is -2.14. The van der Waals surface area contributed by atoms with Crippen LogP contribution in [-0.2, 0) is 7.05 Å². The van der Waals surface area contributed by atoms with Gasteiger partial charge in [-0.25, -0.2) is 26.7 Å². The molecular weight excluding hydrogens is 584 g/mol. The molecule has 0 bridgehead atoms. The van der Waals surface area contributed by atoms with Gasteiger partial charge in [0.15, 0.2) is 23.2 Å². The number of carboxylic acids is 1. The minimum absolute atomic E-state index is 0.0254. The van der Waals surface area contributed by atoms with E-state index in [0.717, 1.165) is 23.0 Å². The molecule has 0 fully saturated rings. The smallest absolute Gasteiger partial charge is 0.341 e. The van der Waals surface area contributed by atoms with E-state index in [1.54, 1.807) is 6.07 Å². The van der Waals surface area contributed by atoms with Crippen molar-refractivity contribution in [3.63, 3.8) is 0 Å². The molecular formula is C26H18Cl2F5N3O4. The fourth-order valence-corrected chi connectivity index (χ4v) is 3.98. The van der Waals surface area contributed by atoms with Gasteiger partial charge >= 0.3 is 5.97 Å². The topological polar surface area (TPSA) is 93.5 Å². The number of carboxylic acid groups (broad SMARTS) is 1. The second-order valence-electron chi connectivity index (χ2n) is 7.90. The fraction of sp³-hybridized carbons (Fsp3) is 0.115. The molecule has 0 spiro atoms. The normalized spacial score (nSPS) is 10.7. The summed E-state index contributed by atoms with van der Waals surface area (Å²) in [5, 5.41) is 15.1. The Morgan fingerprint density at radius 1 is 1.02 bits per heavy atom. The highest BCUT2D eigenvalue weighted by atomic mass is 35.5. The fourth-order valence-electron chi connectivity index (χ4n) is 3.52.